The van der Waals surface area contributed by atoms with Crippen molar-refractivity contribution in [2.24, 2.45) is 5.73 Å². The Kier molecular flexibility index (Phi) is 6.15. The minimum absolute atomic E-state index is 0.573. The Morgan fingerprint density at radius 3 is 2.48 bits per heavy atom. The minimum atomic E-state index is 0.573. The lowest BCUT2D eigenvalue weighted by molar-refractivity contribution is 0.894. The summed E-state index contributed by atoms with van der Waals surface area (Å²) in [5, 5.41) is 0. The summed E-state index contributed by atoms with van der Waals surface area (Å²) in [6.45, 7) is 3.62. The average molecular weight is 365 g/mol. The van der Waals surface area contributed by atoms with Gasteiger partial charge in [-0.2, -0.15) is 0 Å². The van der Waals surface area contributed by atoms with E-state index in [1.54, 1.807) is 0 Å². The molecule has 2 N–H and O–H groups in total. The van der Waals surface area contributed by atoms with Gasteiger partial charge in [0.15, 0.2) is 0 Å². The van der Waals surface area contributed by atoms with Gasteiger partial charge in [0.2, 0.25) is 0 Å². The smallest absolute Gasteiger partial charge is 0.0426 e. The van der Waals surface area contributed by atoms with Crippen molar-refractivity contribution in [3.05, 3.63) is 58.1 Å². The van der Waals surface area contributed by atoms with Crippen LogP contribution in [-0.4, -0.2) is 12.8 Å². The zero-order valence-electron chi connectivity index (χ0n) is 12.5. The van der Waals surface area contributed by atoms with Crippen LogP contribution in [0.3, 0.4) is 0 Å². The molecule has 2 aromatic carbocycles. The second kappa shape index (κ2) is 7.87. The van der Waals surface area contributed by atoms with Crippen LogP contribution in [0.1, 0.15) is 18.1 Å². The molecular weight excluding hydrogens is 344 g/mol. The van der Waals surface area contributed by atoms with Gasteiger partial charge in [-0.05, 0) is 35.6 Å². The molecule has 0 saturated carbocycles. The second-order valence-corrected chi connectivity index (χ2v) is 7.10. The minimum Gasteiger partial charge on any atom is -0.370 e. The van der Waals surface area contributed by atoms with E-state index in [2.05, 4.69) is 77.3 Å². The zero-order valence-corrected chi connectivity index (χ0v) is 14.9. The topological polar surface area (TPSA) is 29.3 Å². The highest BCUT2D eigenvalue weighted by Gasteiger charge is 2.11. The Bertz CT molecular complexity index is 584. The van der Waals surface area contributed by atoms with Crippen LogP contribution < -0.4 is 10.6 Å². The maximum Gasteiger partial charge on any atom is 0.0426 e. The highest BCUT2D eigenvalue weighted by Crippen LogP contribution is 2.30. The van der Waals surface area contributed by atoms with Gasteiger partial charge in [-0.25, -0.2) is 0 Å². The standard InChI is InChI=1S/C17H21BrN2S/c1-3-21-17-6-4-5-16(15(17)11-19)20(2)12-13-7-9-14(18)10-8-13/h4-10H,3,11-12,19H2,1-2H3. The summed E-state index contributed by atoms with van der Waals surface area (Å²) >= 11 is 5.33. The number of hydrogen-bond acceptors (Lipinski definition) is 3. The maximum atomic E-state index is 5.99. The van der Waals surface area contributed by atoms with Crippen LogP contribution in [0.4, 0.5) is 5.69 Å². The first kappa shape index (κ1) is 16.4. The van der Waals surface area contributed by atoms with Gasteiger partial charge >= 0.3 is 0 Å². The summed E-state index contributed by atoms with van der Waals surface area (Å²) in [7, 11) is 2.12. The molecule has 112 valence electrons. The summed E-state index contributed by atoms with van der Waals surface area (Å²) in [5.41, 5.74) is 9.74. The van der Waals surface area contributed by atoms with E-state index < -0.39 is 0 Å². The van der Waals surface area contributed by atoms with Gasteiger partial charge in [0, 0.05) is 40.8 Å². The molecule has 0 unspecified atom stereocenters. The van der Waals surface area contributed by atoms with Crippen molar-refractivity contribution in [2.75, 3.05) is 17.7 Å². The van der Waals surface area contributed by atoms with E-state index in [0.29, 0.717) is 6.54 Å². The van der Waals surface area contributed by atoms with Crippen LogP contribution in [-0.2, 0) is 13.1 Å². The van der Waals surface area contributed by atoms with E-state index in [1.807, 2.05) is 11.8 Å². The summed E-state index contributed by atoms with van der Waals surface area (Å²) in [4.78, 5) is 3.56. The van der Waals surface area contributed by atoms with Crippen LogP contribution in [0, 0.1) is 0 Å². The maximum absolute atomic E-state index is 5.99. The monoisotopic (exact) mass is 364 g/mol. The first-order chi connectivity index (χ1) is 10.2. The highest BCUT2D eigenvalue weighted by atomic mass is 79.9. The van der Waals surface area contributed by atoms with Gasteiger partial charge in [-0.1, -0.05) is 41.1 Å². The molecule has 0 spiro atoms. The van der Waals surface area contributed by atoms with E-state index in [9.17, 15) is 0 Å². The summed E-state index contributed by atoms with van der Waals surface area (Å²) in [6, 6.07) is 14.9. The molecule has 0 aromatic heterocycles. The SMILES string of the molecule is CCSc1cccc(N(C)Cc2ccc(Br)cc2)c1CN. The van der Waals surface area contributed by atoms with Crippen molar-refractivity contribution >= 4 is 33.4 Å². The third-order valence-corrected chi connectivity index (χ3v) is 4.87. The molecule has 0 heterocycles. The van der Waals surface area contributed by atoms with Gasteiger partial charge < -0.3 is 10.6 Å². The Balaban J connectivity index is 2.23. The fourth-order valence-corrected chi connectivity index (χ4v) is 3.47. The van der Waals surface area contributed by atoms with Crippen LogP contribution in [0.15, 0.2) is 51.8 Å². The second-order valence-electron chi connectivity index (χ2n) is 4.87. The number of anilines is 1. The lowest BCUT2D eigenvalue weighted by atomic mass is 10.1. The Labute approximate surface area is 139 Å². The van der Waals surface area contributed by atoms with Crippen LogP contribution in [0.2, 0.25) is 0 Å². The van der Waals surface area contributed by atoms with Crippen LogP contribution in [0.5, 0.6) is 0 Å². The Morgan fingerprint density at radius 1 is 1.14 bits per heavy atom. The number of hydrogen-bond donors (Lipinski definition) is 1. The number of rotatable bonds is 6. The fourth-order valence-electron chi connectivity index (χ4n) is 2.36. The van der Waals surface area contributed by atoms with Gasteiger partial charge in [0.1, 0.15) is 0 Å². The molecule has 2 nitrogen and oxygen atoms in total. The van der Waals surface area contributed by atoms with Crippen LogP contribution in [0.25, 0.3) is 0 Å². The quantitative estimate of drug-likeness (QED) is 0.756. The van der Waals surface area contributed by atoms with Crippen molar-refractivity contribution in [1.82, 2.24) is 0 Å². The summed E-state index contributed by atoms with van der Waals surface area (Å²) < 4.78 is 1.11. The number of nitrogens with zero attached hydrogens (tertiary/aromatic N) is 1. The Hall–Kier alpha value is -0.970. The van der Waals surface area contributed by atoms with Gasteiger partial charge in [-0.3, -0.25) is 0 Å². The number of nitrogens with two attached hydrogens (primary N) is 1. The first-order valence-electron chi connectivity index (χ1n) is 7.06. The van der Waals surface area contributed by atoms with E-state index in [0.717, 1.165) is 16.8 Å². The predicted molar refractivity (Wildman–Crippen MR) is 97.0 cm³/mol. The molecule has 0 atom stereocenters. The number of benzene rings is 2. The molecule has 0 saturated heterocycles. The van der Waals surface area contributed by atoms with E-state index >= 15 is 0 Å². The third-order valence-electron chi connectivity index (χ3n) is 3.36. The first-order valence-corrected chi connectivity index (χ1v) is 8.84. The van der Waals surface area contributed by atoms with E-state index in [4.69, 9.17) is 5.73 Å². The molecule has 0 fully saturated rings. The molecule has 0 aliphatic rings. The van der Waals surface area contributed by atoms with Crippen molar-refractivity contribution in [1.29, 1.82) is 0 Å². The summed E-state index contributed by atoms with van der Waals surface area (Å²) in [5.74, 6) is 1.06. The molecule has 0 aliphatic heterocycles. The largest absolute Gasteiger partial charge is 0.370 e. The number of thioether (sulfide) groups is 1. The molecule has 0 aliphatic carbocycles. The summed E-state index contributed by atoms with van der Waals surface area (Å²) in [6.07, 6.45) is 0. The molecule has 0 amide bonds. The van der Waals surface area contributed by atoms with Gasteiger partial charge in [0.25, 0.3) is 0 Å². The van der Waals surface area contributed by atoms with Crippen molar-refractivity contribution in [3.63, 3.8) is 0 Å². The average Bonchev–Trinajstić information content (AvgIpc) is 2.49. The molecule has 4 heteroatoms. The van der Waals surface area contributed by atoms with E-state index in [1.165, 1.54) is 21.7 Å². The molecule has 0 bridgehead atoms. The van der Waals surface area contributed by atoms with Crippen LogP contribution >= 0.6 is 27.7 Å². The van der Waals surface area contributed by atoms with Gasteiger partial charge in [0.05, 0.1) is 0 Å². The lowest BCUT2D eigenvalue weighted by Crippen LogP contribution is -2.19. The third kappa shape index (κ3) is 4.25. The lowest BCUT2D eigenvalue weighted by Gasteiger charge is -2.24. The molecule has 21 heavy (non-hydrogen) atoms. The van der Waals surface area contributed by atoms with Crippen molar-refractivity contribution < 1.29 is 0 Å². The van der Waals surface area contributed by atoms with Gasteiger partial charge in [-0.15, -0.1) is 11.8 Å². The van der Waals surface area contributed by atoms with Crippen molar-refractivity contribution in [2.45, 2.75) is 24.9 Å². The van der Waals surface area contributed by atoms with E-state index in [-0.39, 0.29) is 0 Å². The molecule has 0 radical (unpaired) electrons. The fraction of sp³-hybridized carbons (Fsp3) is 0.294. The highest BCUT2D eigenvalue weighted by molar-refractivity contribution is 9.10. The molecule has 2 aromatic rings. The predicted octanol–water partition coefficient (Wildman–Crippen LogP) is 4.66. The van der Waals surface area contributed by atoms with Crippen molar-refractivity contribution in [3.8, 4) is 0 Å². The molecule has 2 rings (SSSR count). The Morgan fingerprint density at radius 2 is 1.86 bits per heavy atom. The number of halogens is 1. The normalized spacial score (nSPS) is 10.7. The molecular formula is C17H21BrN2S. The zero-order chi connectivity index (χ0) is 15.2.